The maximum Gasteiger partial charge on any atom is 0.333 e. The van der Waals surface area contributed by atoms with Crippen LogP contribution in [0.2, 0.25) is 0 Å². The molecule has 1 aliphatic rings. The van der Waals surface area contributed by atoms with Crippen molar-refractivity contribution in [3.63, 3.8) is 0 Å². The third kappa shape index (κ3) is 4.88. The lowest BCUT2D eigenvalue weighted by Gasteiger charge is -2.31. The molecule has 0 unspecified atom stereocenters. The fraction of sp³-hybridized carbons (Fsp3) is 0.100. The van der Waals surface area contributed by atoms with Crippen molar-refractivity contribution in [1.29, 1.82) is 0 Å². The van der Waals surface area contributed by atoms with E-state index >= 15 is 0 Å². The molecule has 1 aromatic carbocycles. The summed E-state index contributed by atoms with van der Waals surface area (Å²) in [7, 11) is 0. The Morgan fingerprint density at radius 2 is 1.64 bits per heavy atom. The fourth-order valence-corrected chi connectivity index (χ4v) is 2.17. The van der Waals surface area contributed by atoms with E-state index in [0.717, 1.165) is 17.7 Å². The monoisotopic (exact) mass is 340 g/mol. The average Bonchev–Trinajstić information content (AvgIpc) is 2.61. The minimum absolute atomic E-state index is 0.295. The van der Waals surface area contributed by atoms with Gasteiger partial charge in [0.1, 0.15) is 5.83 Å². The minimum atomic E-state index is -1.86. The first-order chi connectivity index (χ1) is 12.0. The van der Waals surface area contributed by atoms with Crippen molar-refractivity contribution >= 4 is 18.0 Å². The lowest BCUT2D eigenvalue weighted by Crippen LogP contribution is -2.39. The molecule has 0 bridgehead atoms. The Bertz CT molecular complexity index is 750. The highest BCUT2D eigenvalue weighted by Gasteiger charge is 2.39. The highest BCUT2D eigenvalue weighted by Crippen LogP contribution is 2.33. The molecule has 4 nitrogen and oxygen atoms in total. The molecule has 1 aromatic rings. The van der Waals surface area contributed by atoms with Gasteiger partial charge in [-0.25, -0.2) is 14.0 Å². The van der Waals surface area contributed by atoms with E-state index in [4.69, 9.17) is 9.47 Å². The molecule has 5 heteroatoms. The van der Waals surface area contributed by atoms with E-state index in [1.165, 1.54) is 12.2 Å². The van der Waals surface area contributed by atoms with Crippen LogP contribution >= 0.6 is 0 Å². The van der Waals surface area contributed by atoms with E-state index < -0.39 is 30.0 Å². The number of hydrogen-bond donors (Lipinski definition) is 0. The molecule has 0 saturated heterocycles. The summed E-state index contributed by atoms with van der Waals surface area (Å²) in [6, 6.07) is 9.38. The standard InChI is InChI=1S/C20H17FO4/c1-3-18(22)24-20(25-19(23)4-2)13-12-16(17(21)14-20)11-10-15-8-6-5-7-9-15/h3-13H,1-2,14H2. The van der Waals surface area contributed by atoms with Crippen LogP contribution < -0.4 is 0 Å². The summed E-state index contributed by atoms with van der Waals surface area (Å²) in [5.41, 5.74) is 1.20. The van der Waals surface area contributed by atoms with E-state index in [1.807, 2.05) is 30.3 Å². The molecule has 0 aromatic heterocycles. The molecular weight excluding hydrogens is 323 g/mol. The first-order valence-corrected chi connectivity index (χ1v) is 7.50. The molecule has 0 spiro atoms. The van der Waals surface area contributed by atoms with Crippen molar-refractivity contribution in [3.05, 3.63) is 90.8 Å². The number of carbonyl (C=O) groups is 2. The summed E-state index contributed by atoms with van der Waals surface area (Å²) >= 11 is 0. The smallest absolute Gasteiger partial charge is 0.333 e. The lowest BCUT2D eigenvalue weighted by molar-refractivity contribution is -0.205. The number of benzene rings is 1. The predicted molar refractivity (Wildman–Crippen MR) is 92.7 cm³/mol. The molecule has 0 N–H and O–H groups in total. The summed E-state index contributed by atoms with van der Waals surface area (Å²) in [5, 5.41) is 0. The molecule has 0 amide bonds. The van der Waals surface area contributed by atoms with Gasteiger partial charge in [-0.2, -0.15) is 0 Å². The zero-order valence-electron chi connectivity index (χ0n) is 13.5. The number of hydrogen-bond acceptors (Lipinski definition) is 4. The van der Waals surface area contributed by atoms with E-state index in [-0.39, 0.29) is 0 Å². The van der Waals surface area contributed by atoms with Gasteiger partial charge in [0.05, 0.1) is 6.42 Å². The Labute approximate surface area is 145 Å². The van der Waals surface area contributed by atoms with Gasteiger partial charge in [-0.15, -0.1) is 0 Å². The third-order valence-corrected chi connectivity index (χ3v) is 3.37. The predicted octanol–water partition coefficient (Wildman–Crippen LogP) is 4.04. The van der Waals surface area contributed by atoms with Crippen LogP contribution in [0.15, 0.2) is 85.3 Å². The van der Waals surface area contributed by atoms with Gasteiger partial charge in [0, 0.05) is 23.8 Å². The number of esters is 2. The van der Waals surface area contributed by atoms with Gasteiger partial charge in [-0.3, -0.25) is 0 Å². The zero-order valence-corrected chi connectivity index (χ0v) is 13.5. The summed E-state index contributed by atoms with van der Waals surface area (Å²) in [6.07, 6.45) is 7.44. The van der Waals surface area contributed by atoms with Crippen LogP contribution in [0.3, 0.4) is 0 Å². The van der Waals surface area contributed by atoms with Crippen LogP contribution in [0.1, 0.15) is 12.0 Å². The van der Waals surface area contributed by atoms with E-state index in [9.17, 15) is 14.0 Å². The molecule has 1 aliphatic carbocycles. The highest BCUT2D eigenvalue weighted by atomic mass is 19.1. The number of rotatable bonds is 6. The van der Waals surface area contributed by atoms with Gasteiger partial charge in [0.25, 0.3) is 5.79 Å². The van der Waals surface area contributed by atoms with Crippen molar-refractivity contribution in [2.24, 2.45) is 0 Å². The molecule has 0 aliphatic heterocycles. The maximum atomic E-state index is 14.5. The average molecular weight is 340 g/mol. The molecule has 0 heterocycles. The summed E-state index contributed by atoms with van der Waals surface area (Å²) in [5.74, 6) is -4.11. The van der Waals surface area contributed by atoms with E-state index in [0.29, 0.717) is 5.57 Å². The zero-order chi connectivity index (χ0) is 18.3. The van der Waals surface area contributed by atoms with Gasteiger partial charge in [0.15, 0.2) is 0 Å². The molecule has 0 radical (unpaired) electrons. The van der Waals surface area contributed by atoms with Gasteiger partial charge in [-0.1, -0.05) is 55.6 Å². The van der Waals surface area contributed by atoms with Gasteiger partial charge in [-0.05, 0) is 11.6 Å². The first-order valence-electron chi connectivity index (χ1n) is 7.50. The Morgan fingerprint density at radius 1 is 1.04 bits per heavy atom. The quantitative estimate of drug-likeness (QED) is 0.446. The molecular formula is C20H17FO4. The lowest BCUT2D eigenvalue weighted by atomic mass is 9.99. The molecule has 128 valence electrons. The van der Waals surface area contributed by atoms with E-state index in [2.05, 4.69) is 13.2 Å². The highest BCUT2D eigenvalue weighted by molar-refractivity contribution is 5.84. The number of halogens is 1. The Kier molecular flexibility index (Phi) is 5.84. The van der Waals surface area contributed by atoms with Gasteiger partial charge in [0.2, 0.25) is 0 Å². The third-order valence-electron chi connectivity index (χ3n) is 3.37. The van der Waals surface area contributed by atoms with Crippen LogP contribution in [0.5, 0.6) is 0 Å². The van der Waals surface area contributed by atoms with Crippen LogP contribution in [-0.4, -0.2) is 17.7 Å². The molecule has 0 atom stereocenters. The van der Waals surface area contributed by atoms with Crippen LogP contribution in [0.25, 0.3) is 6.08 Å². The number of carbonyl (C=O) groups excluding carboxylic acids is 2. The van der Waals surface area contributed by atoms with Crippen LogP contribution in [0, 0.1) is 0 Å². The van der Waals surface area contributed by atoms with Crippen molar-refractivity contribution < 1.29 is 23.5 Å². The van der Waals surface area contributed by atoms with Gasteiger partial charge >= 0.3 is 11.9 Å². The second-order valence-corrected chi connectivity index (χ2v) is 5.18. The largest absolute Gasteiger partial charge is 0.415 e. The molecule has 2 rings (SSSR count). The minimum Gasteiger partial charge on any atom is -0.415 e. The van der Waals surface area contributed by atoms with Crippen LogP contribution in [0.4, 0.5) is 4.39 Å². The van der Waals surface area contributed by atoms with Crippen molar-refractivity contribution in [1.82, 2.24) is 0 Å². The van der Waals surface area contributed by atoms with Crippen molar-refractivity contribution in [3.8, 4) is 0 Å². The molecule has 25 heavy (non-hydrogen) atoms. The summed E-state index contributed by atoms with van der Waals surface area (Å²) < 4.78 is 24.6. The SMILES string of the molecule is C=CC(=O)OC1(OC(=O)C=C)C=CC(C=Cc2ccccc2)=C(F)C1. The number of allylic oxidation sites excluding steroid dienone is 3. The first kappa shape index (κ1) is 18.1. The Balaban J connectivity index is 2.23. The number of ether oxygens (including phenoxy) is 2. The fourth-order valence-electron chi connectivity index (χ4n) is 2.17. The van der Waals surface area contributed by atoms with E-state index in [1.54, 1.807) is 12.2 Å². The Hall–Kier alpha value is -3.21. The summed E-state index contributed by atoms with van der Waals surface area (Å²) in [6.45, 7) is 6.55. The molecule has 0 saturated carbocycles. The normalized spacial score (nSPS) is 15.7. The second-order valence-electron chi connectivity index (χ2n) is 5.18. The maximum absolute atomic E-state index is 14.5. The summed E-state index contributed by atoms with van der Waals surface area (Å²) in [4.78, 5) is 23.0. The van der Waals surface area contributed by atoms with Gasteiger partial charge < -0.3 is 9.47 Å². The van der Waals surface area contributed by atoms with Crippen molar-refractivity contribution in [2.75, 3.05) is 0 Å². The van der Waals surface area contributed by atoms with Crippen LogP contribution in [-0.2, 0) is 19.1 Å². The van der Waals surface area contributed by atoms with Crippen molar-refractivity contribution in [2.45, 2.75) is 12.2 Å². The second kappa shape index (κ2) is 8.06. The Morgan fingerprint density at radius 3 is 2.16 bits per heavy atom. The topological polar surface area (TPSA) is 52.6 Å². The molecule has 0 fully saturated rings.